The topological polar surface area (TPSA) is 46.6 Å². The highest BCUT2D eigenvalue weighted by Crippen LogP contribution is 2.44. The van der Waals surface area contributed by atoms with Crippen LogP contribution in [-0.4, -0.2) is 29.9 Å². The van der Waals surface area contributed by atoms with Crippen molar-refractivity contribution in [2.75, 3.05) is 13.1 Å². The molecule has 4 rings (SSSR count). The Hall–Kier alpha value is -2.46. The monoisotopic (exact) mass is 321 g/mol. The number of hydrogen-bond acceptors (Lipinski definition) is 4. The standard InChI is InChI=1S/C20H19NO3/c22-18-17-9-5-4-8-16(17)14-20(18)10-12-21(13-11-20)24-19(23)15-6-2-1-3-7-15/h1-9H,10-14H2. The molecular formula is C20H19NO3. The molecule has 0 bridgehead atoms. The van der Waals surface area contributed by atoms with Crippen LogP contribution in [-0.2, 0) is 11.3 Å². The lowest BCUT2D eigenvalue weighted by Gasteiger charge is -2.36. The lowest BCUT2D eigenvalue weighted by Crippen LogP contribution is -2.44. The second-order valence-corrected chi connectivity index (χ2v) is 6.62. The maximum absolute atomic E-state index is 12.8. The maximum Gasteiger partial charge on any atom is 0.357 e. The van der Waals surface area contributed by atoms with Gasteiger partial charge in [0.2, 0.25) is 0 Å². The zero-order valence-electron chi connectivity index (χ0n) is 13.4. The van der Waals surface area contributed by atoms with Crippen molar-refractivity contribution in [3.8, 4) is 0 Å². The van der Waals surface area contributed by atoms with Crippen molar-refractivity contribution in [1.82, 2.24) is 5.06 Å². The molecule has 0 N–H and O–H groups in total. The molecule has 2 aliphatic rings. The van der Waals surface area contributed by atoms with Crippen LogP contribution in [0.4, 0.5) is 0 Å². The van der Waals surface area contributed by atoms with Gasteiger partial charge in [-0.15, -0.1) is 5.06 Å². The highest BCUT2D eigenvalue weighted by atomic mass is 16.7. The van der Waals surface area contributed by atoms with Gasteiger partial charge in [-0.1, -0.05) is 42.5 Å². The first-order chi connectivity index (χ1) is 11.7. The van der Waals surface area contributed by atoms with E-state index in [0.29, 0.717) is 18.7 Å². The fraction of sp³-hybridized carbons (Fsp3) is 0.300. The molecule has 0 aromatic heterocycles. The van der Waals surface area contributed by atoms with Crippen LogP contribution in [0.1, 0.15) is 39.1 Å². The number of Topliss-reactive ketones (excluding diaryl/α,β-unsaturated/α-hetero) is 1. The van der Waals surface area contributed by atoms with Gasteiger partial charge in [0.1, 0.15) is 0 Å². The highest BCUT2D eigenvalue weighted by Gasteiger charge is 2.47. The fourth-order valence-electron chi connectivity index (χ4n) is 3.78. The number of nitrogens with zero attached hydrogens (tertiary/aromatic N) is 1. The molecule has 4 nitrogen and oxygen atoms in total. The van der Waals surface area contributed by atoms with E-state index in [0.717, 1.165) is 30.4 Å². The van der Waals surface area contributed by atoms with E-state index in [-0.39, 0.29) is 17.2 Å². The third kappa shape index (κ3) is 2.53. The van der Waals surface area contributed by atoms with Crippen molar-refractivity contribution >= 4 is 11.8 Å². The van der Waals surface area contributed by atoms with Crippen LogP contribution >= 0.6 is 0 Å². The zero-order valence-corrected chi connectivity index (χ0v) is 13.4. The van der Waals surface area contributed by atoms with Gasteiger partial charge >= 0.3 is 5.97 Å². The van der Waals surface area contributed by atoms with Crippen molar-refractivity contribution in [1.29, 1.82) is 0 Å². The van der Waals surface area contributed by atoms with Gasteiger partial charge in [0.25, 0.3) is 0 Å². The summed E-state index contributed by atoms with van der Waals surface area (Å²) < 4.78 is 0. The highest BCUT2D eigenvalue weighted by molar-refractivity contribution is 6.05. The van der Waals surface area contributed by atoms with Crippen molar-refractivity contribution in [2.45, 2.75) is 19.3 Å². The lowest BCUT2D eigenvalue weighted by molar-refractivity contribution is -0.132. The minimum Gasteiger partial charge on any atom is -0.364 e. The Balaban J connectivity index is 1.41. The van der Waals surface area contributed by atoms with E-state index in [4.69, 9.17) is 4.84 Å². The lowest BCUT2D eigenvalue weighted by atomic mass is 9.75. The molecule has 1 aliphatic carbocycles. The Morgan fingerprint density at radius 2 is 1.62 bits per heavy atom. The van der Waals surface area contributed by atoms with E-state index in [1.54, 1.807) is 17.2 Å². The Bertz CT molecular complexity index is 776. The second kappa shape index (κ2) is 5.87. The van der Waals surface area contributed by atoms with Gasteiger partial charge in [0.15, 0.2) is 5.78 Å². The van der Waals surface area contributed by atoms with E-state index < -0.39 is 0 Å². The van der Waals surface area contributed by atoms with E-state index in [1.165, 1.54) is 0 Å². The number of carbonyl (C=O) groups excluding carboxylic acids is 2. The predicted molar refractivity (Wildman–Crippen MR) is 89.6 cm³/mol. The van der Waals surface area contributed by atoms with Crippen molar-refractivity contribution < 1.29 is 14.4 Å². The predicted octanol–water partition coefficient (Wildman–Crippen LogP) is 3.28. The largest absolute Gasteiger partial charge is 0.364 e. The maximum atomic E-state index is 12.8. The average Bonchev–Trinajstić information content (AvgIpc) is 2.90. The van der Waals surface area contributed by atoms with Gasteiger partial charge in [-0.3, -0.25) is 4.79 Å². The van der Waals surface area contributed by atoms with Crippen LogP contribution < -0.4 is 0 Å². The molecular weight excluding hydrogens is 302 g/mol. The zero-order chi connectivity index (χ0) is 16.6. The number of carbonyl (C=O) groups is 2. The van der Waals surface area contributed by atoms with E-state index in [9.17, 15) is 9.59 Å². The smallest absolute Gasteiger partial charge is 0.357 e. The molecule has 0 saturated carbocycles. The van der Waals surface area contributed by atoms with Crippen LogP contribution in [0.25, 0.3) is 0 Å². The van der Waals surface area contributed by atoms with Crippen LogP contribution in [0, 0.1) is 5.41 Å². The number of benzene rings is 2. The third-order valence-corrected chi connectivity index (χ3v) is 5.17. The van der Waals surface area contributed by atoms with Crippen LogP contribution in [0.15, 0.2) is 54.6 Å². The summed E-state index contributed by atoms with van der Waals surface area (Å²) in [4.78, 5) is 30.4. The number of hydrogen-bond donors (Lipinski definition) is 0. The first kappa shape index (κ1) is 15.1. The summed E-state index contributed by atoms with van der Waals surface area (Å²) in [6.45, 7) is 1.19. The van der Waals surface area contributed by atoms with Crippen LogP contribution in [0.3, 0.4) is 0 Å². The SMILES string of the molecule is O=C(ON1CCC2(CC1)Cc1ccccc1C2=O)c1ccccc1. The molecule has 0 radical (unpaired) electrons. The minimum atomic E-state index is -0.340. The van der Waals surface area contributed by atoms with Gasteiger partial charge in [-0.05, 0) is 37.0 Å². The molecule has 24 heavy (non-hydrogen) atoms. The normalized spacial score (nSPS) is 19.2. The summed E-state index contributed by atoms with van der Waals surface area (Å²) >= 11 is 0. The molecule has 122 valence electrons. The van der Waals surface area contributed by atoms with Crippen LogP contribution in [0.2, 0.25) is 0 Å². The summed E-state index contributed by atoms with van der Waals surface area (Å²) in [5, 5.41) is 1.69. The van der Waals surface area contributed by atoms with Crippen LogP contribution in [0.5, 0.6) is 0 Å². The number of ketones is 1. The summed E-state index contributed by atoms with van der Waals surface area (Å²) in [6, 6.07) is 16.9. The average molecular weight is 321 g/mol. The number of fused-ring (bicyclic) bond motifs is 1. The first-order valence-electron chi connectivity index (χ1n) is 8.33. The molecule has 0 amide bonds. The number of piperidine rings is 1. The fourth-order valence-corrected chi connectivity index (χ4v) is 3.78. The van der Waals surface area contributed by atoms with Gasteiger partial charge in [0.05, 0.1) is 5.56 Å². The van der Waals surface area contributed by atoms with Gasteiger partial charge in [-0.25, -0.2) is 4.79 Å². The Morgan fingerprint density at radius 1 is 0.958 bits per heavy atom. The molecule has 0 unspecified atom stereocenters. The molecule has 1 heterocycles. The molecule has 4 heteroatoms. The molecule has 1 spiro atoms. The molecule has 0 atom stereocenters. The third-order valence-electron chi connectivity index (χ3n) is 5.17. The summed E-state index contributed by atoms with van der Waals surface area (Å²) in [6.07, 6.45) is 2.26. The molecule has 2 aromatic carbocycles. The molecule has 1 aliphatic heterocycles. The Labute approximate surface area is 141 Å². The van der Waals surface area contributed by atoms with Crippen molar-refractivity contribution in [2.24, 2.45) is 5.41 Å². The molecule has 1 fully saturated rings. The Morgan fingerprint density at radius 3 is 2.33 bits per heavy atom. The van der Waals surface area contributed by atoms with Gasteiger partial charge in [-0.2, -0.15) is 0 Å². The van der Waals surface area contributed by atoms with E-state index in [1.807, 2.05) is 42.5 Å². The van der Waals surface area contributed by atoms with Crippen molar-refractivity contribution in [3.05, 3.63) is 71.3 Å². The Kier molecular flexibility index (Phi) is 3.69. The number of hydroxylamine groups is 2. The summed E-state index contributed by atoms with van der Waals surface area (Å²) in [7, 11) is 0. The summed E-state index contributed by atoms with van der Waals surface area (Å²) in [5.74, 6) is -0.0836. The quantitative estimate of drug-likeness (QED) is 0.851. The van der Waals surface area contributed by atoms with E-state index in [2.05, 4.69) is 0 Å². The van der Waals surface area contributed by atoms with Gasteiger partial charge in [0, 0.05) is 24.1 Å². The minimum absolute atomic E-state index is 0.257. The second-order valence-electron chi connectivity index (χ2n) is 6.62. The first-order valence-corrected chi connectivity index (χ1v) is 8.33. The molecule has 2 aromatic rings. The number of rotatable bonds is 2. The van der Waals surface area contributed by atoms with E-state index >= 15 is 0 Å². The molecule has 1 saturated heterocycles. The summed E-state index contributed by atoms with van der Waals surface area (Å²) in [5.41, 5.74) is 2.26. The van der Waals surface area contributed by atoms with Crippen molar-refractivity contribution in [3.63, 3.8) is 0 Å². The van der Waals surface area contributed by atoms with Gasteiger partial charge < -0.3 is 4.84 Å².